The van der Waals surface area contributed by atoms with E-state index < -0.39 is 23.8 Å². The monoisotopic (exact) mass is 265 g/mol. The van der Waals surface area contributed by atoms with E-state index in [0.29, 0.717) is 6.42 Å². The third-order valence-electron chi connectivity index (χ3n) is 2.44. The van der Waals surface area contributed by atoms with Crippen molar-refractivity contribution in [3.8, 4) is 0 Å². The van der Waals surface area contributed by atoms with Gasteiger partial charge in [-0.1, -0.05) is 13.8 Å². The quantitative estimate of drug-likeness (QED) is 0.879. The molecule has 0 saturated carbocycles. The molecule has 2 nitrogen and oxygen atoms in total. The van der Waals surface area contributed by atoms with E-state index >= 15 is 0 Å². The smallest absolute Gasteiger partial charge is 0.128 e. The number of hydrogen-bond donors (Lipinski definition) is 2. The lowest BCUT2D eigenvalue weighted by Crippen LogP contribution is -2.28. The minimum atomic E-state index is -0.891. The summed E-state index contributed by atoms with van der Waals surface area (Å²) in [5.74, 6) is -0.891. The SMILES string of the molecule is CC(C)C[C@@H](O)[C@@H](N)c1cc(F)ccc1F.Cl. The maximum absolute atomic E-state index is 13.4. The van der Waals surface area contributed by atoms with Crippen LogP contribution < -0.4 is 5.73 Å². The van der Waals surface area contributed by atoms with Gasteiger partial charge < -0.3 is 10.8 Å². The maximum atomic E-state index is 13.4. The van der Waals surface area contributed by atoms with Crippen LogP contribution in [0.25, 0.3) is 0 Å². The van der Waals surface area contributed by atoms with E-state index in [-0.39, 0.29) is 23.9 Å². The van der Waals surface area contributed by atoms with Gasteiger partial charge in [-0.2, -0.15) is 0 Å². The first-order chi connectivity index (χ1) is 7.41. The lowest BCUT2D eigenvalue weighted by molar-refractivity contribution is 0.119. The Morgan fingerprint density at radius 1 is 1.29 bits per heavy atom. The number of halogens is 3. The minimum absolute atomic E-state index is 0. The molecule has 0 spiro atoms. The summed E-state index contributed by atoms with van der Waals surface area (Å²) in [7, 11) is 0. The van der Waals surface area contributed by atoms with Gasteiger partial charge in [-0.05, 0) is 30.5 Å². The highest BCUT2D eigenvalue weighted by molar-refractivity contribution is 5.85. The molecule has 0 radical (unpaired) electrons. The van der Waals surface area contributed by atoms with Gasteiger partial charge in [-0.15, -0.1) is 12.4 Å². The van der Waals surface area contributed by atoms with E-state index in [1.807, 2.05) is 13.8 Å². The van der Waals surface area contributed by atoms with Crippen LogP contribution in [0.1, 0.15) is 31.9 Å². The van der Waals surface area contributed by atoms with E-state index in [0.717, 1.165) is 18.2 Å². The van der Waals surface area contributed by atoms with Gasteiger partial charge in [0.2, 0.25) is 0 Å². The summed E-state index contributed by atoms with van der Waals surface area (Å²) in [5.41, 5.74) is 5.72. The molecule has 1 rings (SSSR count). The molecule has 2 atom stereocenters. The first kappa shape index (κ1) is 16.3. The average molecular weight is 266 g/mol. The third kappa shape index (κ3) is 4.58. The Morgan fingerprint density at radius 3 is 2.41 bits per heavy atom. The van der Waals surface area contributed by atoms with Crippen LogP contribution in [0, 0.1) is 17.6 Å². The van der Waals surface area contributed by atoms with E-state index in [1.165, 1.54) is 0 Å². The Bertz CT molecular complexity index is 360. The minimum Gasteiger partial charge on any atom is -0.391 e. The highest BCUT2D eigenvalue weighted by Gasteiger charge is 2.21. The Kier molecular flexibility index (Phi) is 6.60. The van der Waals surface area contributed by atoms with Crippen LogP contribution in [0.15, 0.2) is 18.2 Å². The second kappa shape index (κ2) is 6.89. The first-order valence-corrected chi connectivity index (χ1v) is 5.30. The molecule has 3 N–H and O–H groups in total. The number of nitrogens with two attached hydrogens (primary N) is 1. The van der Waals surface area contributed by atoms with E-state index in [9.17, 15) is 13.9 Å². The Balaban J connectivity index is 0.00000256. The molecule has 5 heteroatoms. The first-order valence-electron chi connectivity index (χ1n) is 5.30. The molecule has 0 aliphatic rings. The largest absolute Gasteiger partial charge is 0.391 e. The molecule has 0 unspecified atom stereocenters. The Morgan fingerprint density at radius 2 is 1.88 bits per heavy atom. The van der Waals surface area contributed by atoms with Crippen LogP contribution in [-0.2, 0) is 0 Å². The average Bonchev–Trinajstić information content (AvgIpc) is 2.19. The van der Waals surface area contributed by atoms with Crippen molar-refractivity contribution in [2.45, 2.75) is 32.4 Å². The van der Waals surface area contributed by atoms with Crippen LogP contribution in [0.3, 0.4) is 0 Å². The van der Waals surface area contributed by atoms with Gasteiger partial charge in [0.15, 0.2) is 0 Å². The standard InChI is InChI=1S/C12H17F2NO.ClH/c1-7(2)5-11(16)12(15)9-6-8(13)3-4-10(9)14;/h3-4,6-7,11-12,16H,5,15H2,1-2H3;1H/t11-,12+;/m1./s1. The molecule has 0 bridgehead atoms. The van der Waals surface area contributed by atoms with Crippen molar-refractivity contribution in [3.05, 3.63) is 35.4 Å². The van der Waals surface area contributed by atoms with Crippen molar-refractivity contribution >= 4 is 12.4 Å². The summed E-state index contributed by atoms with van der Waals surface area (Å²) < 4.78 is 26.3. The fraction of sp³-hybridized carbons (Fsp3) is 0.500. The molecule has 0 fully saturated rings. The van der Waals surface area contributed by atoms with Gasteiger partial charge in [0.05, 0.1) is 12.1 Å². The van der Waals surface area contributed by atoms with Crippen molar-refractivity contribution in [1.82, 2.24) is 0 Å². The zero-order valence-corrected chi connectivity index (χ0v) is 10.7. The second-order valence-corrected chi connectivity index (χ2v) is 4.39. The fourth-order valence-electron chi connectivity index (χ4n) is 1.61. The van der Waals surface area contributed by atoms with Gasteiger partial charge in [0.25, 0.3) is 0 Å². The van der Waals surface area contributed by atoms with Crippen LogP contribution in [0.2, 0.25) is 0 Å². The van der Waals surface area contributed by atoms with Crippen molar-refractivity contribution in [3.63, 3.8) is 0 Å². The molecule has 98 valence electrons. The molecule has 1 aromatic rings. The third-order valence-corrected chi connectivity index (χ3v) is 2.44. The van der Waals surface area contributed by atoms with Gasteiger partial charge in [-0.3, -0.25) is 0 Å². The summed E-state index contributed by atoms with van der Waals surface area (Å²) in [6.45, 7) is 3.86. The van der Waals surface area contributed by atoms with E-state index in [1.54, 1.807) is 0 Å². The topological polar surface area (TPSA) is 46.2 Å². The van der Waals surface area contributed by atoms with Crippen LogP contribution in [-0.4, -0.2) is 11.2 Å². The predicted molar refractivity (Wildman–Crippen MR) is 66.0 cm³/mol. The summed E-state index contributed by atoms with van der Waals surface area (Å²) in [5, 5.41) is 9.74. The molecule has 0 amide bonds. The molecule has 1 aromatic carbocycles. The molecular formula is C12H18ClF2NO. The number of rotatable bonds is 4. The molecule has 0 heterocycles. The summed E-state index contributed by atoms with van der Waals surface area (Å²) in [6, 6.07) is 2.19. The van der Waals surface area contributed by atoms with Crippen LogP contribution in [0.5, 0.6) is 0 Å². The summed E-state index contributed by atoms with van der Waals surface area (Å²) >= 11 is 0. The van der Waals surface area contributed by atoms with Crippen molar-refractivity contribution in [2.24, 2.45) is 11.7 Å². The van der Waals surface area contributed by atoms with Gasteiger partial charge in [0.1, 0.15) is 11.6 Å². The summed E-state index contributed by atoms with van der Waals surface area (Å²) in [4.78, 5) is 0. The Labute approximate surface area is 106 Å². The number of aliphatic hydroxyl groups excluding tert-OH is 1. The van der Waals surface area contributed by atoms with Gasteiger partial charge in [-0.25, -0.2) is 8.78 Å². The van der Waals surface area contributed by atoms with Crippen molar-refractivity contribution in [1.29, 1.82) is 0 Å². The highest BCUT2D eigenvalue weighted by Crippen LogP contribution is 2.22. The number of aliphatic hydroxyl groups is 1. The molecule has 0 aromatic heterocycles. The number of benzene rings is 1. The second-order valence-electron chi connectivity index (χ2n) is 4.39. The maximum Gasteiger partial charge on any atom is 0.128 e. The molecule has 0 saturated heterocycles. The number of hydrogen-bond acceptors (Lipinski definition) is 2. The van der Waals surface area contributed by atoms with E-state index in [2.05, 4.69) is 0 Å². The van der Waals surface area contributed by atoms with Crippen LogP contribution in [0.4, 0.5) is 8.78 Å². The molecule has 0 aliphatic heterocycles. The van der Waals surface area contributed by atoms with Gasteiger partial charge >= 0.3 is 0 Å². The predicted octanol–water partition coefficient (Wildman–Crippen LogP) is 2.79. The highest BCUT2D eigenvalue weighted by atomic mass is 35.5. The zero-order valence-electron chi connectivity index (χ0n) is 9.86. The summed E-state index contributed by atoms with van der Waals surface area (Å²) in [6.07, 6.45) is -0.409. The molecule has 0 aliphatic carbocycles. The molecule has 17 heavy (non-hydrogen) atoms. The van der Waals surface area contributed by atoms with Crippen molar-refractivity contribution in [2.75, 3.05) is 0 Å². The normalized spacial score (nSPS) is 14.3. The zero-order chi connectivity index (χ0) is 12.3. The lowest BCUT2D eigenvalue weighted by Gasteiger charge is -2.21. The Hall–Kier alpha value is -0.710. The van der Waals surface area contributed by atoms with Gasteiger partial charge in [0, 0.05) is 5.56 Å². The fourth-order valence-corrected chi connectivity index (χ4v) is 1.61. The van der Waals surface area contributed by atoms with Crippen LogP contribution >= 0.6 is 12.4 Å². The van der Waals surface area contributed by atoms with Crippen molar-refractivity contribution < 1.29 is 13.9 Å². The molecular weight excluding hydrogens is 248 g/mol. The lowest BCUT2D eigenvalue weighted by atomic mass is 9.95. The van der Waals surface area contributed by atoms with E-state index in [4.69, 9.17) is 5.73 Å².